The highest BCUT2D eigenvalue weighted by atomic mass is 32.1. The first-order chi connectivity index (χ1) is 10.5. The Morgan fingerprint density at radius 3 is 2.77 bits per heavy atom. The highest BCUT2D eigenvalue weighted by Crippen LogP contribution is 2.31. The normalized spacial score (nSPS) is 18.2. The number of nitrogen functional groups attached to an aromatic ring is 1. The van der Waals surface area contributed by atoms with Gasteiger partial charge >= 0.3 is 5.97 Å². The van der Waals surface area contributed by atoms with Gasteiger partial charge < -0.3 is 20.7 Å². The Bertz CT molecular complexity index is 628. The van der Waals surface area contributed by atoms with Gasteiger partial charge in [0.05, 0.1) is 18.2 Å². The van der Waals surface area contributed by atoms with Crippen LogP contribution in [-0.4, -0.2) is 29.1 Å². The zero-order valence-electron chi connectivity index (χ0n) is 13.1. The molecule has 3 N–H and O–H groups in total. The largest absolute Gasteiger partial charge is 0.463 e. The van der Waals surface area contributed by atoms with Gasteiger partial charge in [-0.3, -0.25) is 0 Å². The summed E-state index contributed by atoms with van der Waals surface area (Å²) in [5, 5.41) is 3.82. The van der Waals surface area contributed by atoms with E-state index in [-0.39, 0.29) is 12.0 Å². The Hall–Kier alpha value is -2.08. The van der Waals surface area contributed by atoms with Gasteiger partial charge in [-0.1, -0.05) is 12.1 Å². The Kier molecular flexibility index (Phi) is 5.03. The fourth-order valence-electron chi connectivity index (χ4n) is 2.62. The average molecular weight is 319 g/mol. The summed E-state index contributed by atoms with van der Waals surface area (Å²) in [6.45, 7) is 6.69. The second kappa shape index (κ2) is 6.79. The lowest BCUT2D eigenvalue weighted by Crippen LogP contribution is -2.47. The van der Waals surface area contributed by atoms with Crippen LogP contribution in [0.3, 0.4) is 0 Å². The van der Waals surface area contributed by atoms with Crippen LogP contribution < -0.4 is 11.1 Å². The van der Waals surface area contributed by atoms with E-state index in [0.717, 1.165) is 11.3 Å². The molecular formula is C16H21N3O2S. The average Bonchev–Trinajstić information content (AvgIpc) is 2.47. The Labute approximate surface area is 136 Å². The molecule has 1 aromatic rings. The van der Waals surface area contributed by atoms with Crippen LogP contribution >= 0.6 is 12.2 Å². The first-order valence-corrected chi connectivity index (χ1v) is 7.71. The number of anilines is 1. The second-order valence-corrected chi connectivity index (χ2v) is 5.40. The fraction of sp³-hybridized carbons (Fsp3) is 0.375. The number of carbonyl (C=O) groups excluding carboxylic acids is 1. The predicted octanol–water partition coefficient (Wildman–Crippen LogP) is 2.36. The molecule has 0 aromatic heterocycles. The second-order valence-electron chi connectivity index (χ2n) is 5.02. The lowest BCUT2D eigenvalue weighted by molar-refractivity contribution is -0.139. The molecule has 22 heavy (non-hydrogen) atoms. The van der Waals surface area contributed by atoms with E-state index in [0.29, 0.717) is 29.5 Å². The van der Waals surface area contributed by atoms with Crippen molar-refractivity contribution < 1.29 is 9.53 Å². The van der Waals surface area contributed by atoms with Crippen LogP contribution in [0.4, 0.5) is 5.69 Å². The minimum atomic E-state index is -0.349. The van der Waals surface area contributed by atoms with Gasteiger partial charge in [-0.15, -0.1) is 0 Å². The van der Waals surface area contributed by atoms with E-state index in [1.54, 1.807) is 6.92 Å². The molecule has 1 aromatic carbocycles. The van der Waals surface area contributed by atoms with Crippen molar-refractivity contribution in [2.24, 2.45) is 0 Å². The summed E-state index contributed by atoms with van der Waals surface area (Å²) in [5.41, 5.74) is 8.79. The molecule has 1 aliphatic heterocycles. The standard InChI is InChI=1S/C16H21N3O2S/c1-4-19-10(3)13(15(20)21-5-2)14(18-16(19)22)11-7-6-8-12(17)9-11/h6-9,14H,4-5,17H2,1-3H3,(H,18,22)/t14-/m1/s1. The third-order valence-corrected chi connectivity index (χ3v) is 3.99. The summed E-state index contributed by atoms with van der Waals surface area (Å²) >= 11 is 5.41. The van der Waals surface area contributed by atoms with Gasteiger partial charge in [0.1, 0.15) is 0 Å². The molecule has 0 radical (unpaired) electrons. The van der Waals surface area contributed by atoms with Crippen molar-refractivity contribution in [3.05, 3.63) is 41.1 Å². The van der Waals surface area contributed by atoms with Gasteiger partial charge in [-0.2, -0.15) is 0 Å². The van der Waals surface area contributed by atoms with Crippen molar-refractivity contribution >= 4 is 29.0 Å². The first-order valence-electron chi connectivity index (χ1n) is 7.30. The van der Waals surface area contributed by atoms with Crippen LogP contribution in [0.2, 0.25) is 0 Å². The molecule has 0 saturated carbocycles. The summed E-state index contributed by atoms with van der Waals surface area (Å²) in [6, 6.07) is 7.08. The fourth-order valence-corrected chi connectivity index (χ4v) is 3.01. The third-order valence-electron chi connectivity index (χ3n) is 3.65. The van der Waals surface area contributed by atoms with Crippen LogP contribution in [0.1, 0.15) is 32.4 Å². The number of benzene rings is 1. The quantitative estimate of drug-likeness (QED) is 0.504. The summed E-state index contributed by atoms with van der Waals surface area (Å²) in [5.74, 6) is -0.333. The summed E-state index contributed by atoms with van der Waals surface area (Å²) in [7, 11) is 0. The van der Waals surface area contributed by atoms with Crippen molar-refractivity contribution in [1.29, 1.82) is 0 Å². The zero-order valence-corrected chi connectivity index (χ0v) is 13.9. The van der Waals surface area contributed by atoms with E-state index in [2.05, 4.69) is 5.32 Å². The molecule has 0 bridgehead atoms. The maximum atomic E-state index is 12.4. The number of allylic oxidation sites excluding steroid dienone is 1. The lowest BCUT2D eigenvalue weighted by Gasteiger charge is -2.37. The Balaban J connectivity index is 2.53. The minimum absolute atomic E-state index is 0.329. The van der Waals surface area contributed by atoms with Gasteiger partial charge in [0.25, 0.3) is 0 Å². The van der Waals surface area contributed by atoms with E-state index in [1.165, 1.54) is 0 Å². The molecule has 0 fully saturated rings. The number of rotatable bonds is 4. The van der Waals surface area contributed by atoms with E-state index in [4.69, 9.17) is 22.7 Å². The molecule has 0 spiro atoms. The van der Waals surface area contributed by atoms with E-state index >= 15 is 0 Å². The molecule has 6 heteroatoms. The molecule has 5 nitrogen and oxygen atoms in total. The van der Waals surface area contributed by atoms with E-state index < -0.39 is 0 Å². The maximum Gasteiger partial charge on any atom is 0.338 e. The monoisotopic (exact) mass is 319 g/mol. The van der Waals surface area contributed by atoms with Crippen molar-refractivity contribution in [3.63, 3.8) is 0 Å². The molecular weight excluding hydrogens is 298 g/mol. The van der Waals surface area contributed by atoms with Crippen molar-refractivity contribution in [3.8, 4) is 0 Å². The number of hydrogen-bond acceptors (Lipinski definition) is 4. The molecule has 118 valence electrons. The van der Waals surface area contributed by atoms with Gasteiger partial charge in [0.15, 0.2) is 5.11 Å². The minimum Gasteiger partial charge on any atom is -0.463 e. The number of nitrogens with zero attached hydrogens (tertiary/aromatic N) is 1. The number of nitrogens with one attached hydrogen (secondary N) is 1. The first kappa shape index (κ1) is 16.3. The summed E-state index contributed by atoms with van der Waals surface area (Å²) in [4.78, 5) is 14.3. The predicted molar refractivity (Wildman–Crippen MR) is 91.0 cm³/mol. The van der Waals surface area contributed by atoms with Crippen LogP contribution in [0.15, 0.2) is 35.5 Å². The highest BCUT2D eigenvalue weighted by molar-refractivity contribution is 7.80. The highest BCUT2D eigenvalue weighted by Gasteiger charge is 2.34. The van der Waals surface area contributed by atoms with Crippen molar-refractivity contribution in [1.82, 2.24) is 10.2 Å². The molecule has 2 rings (SSSR count). The van der Waals surface area contributed by atoms with Gasteiger partial charge in [-0.25, -0.2) is 4.79 Å². The number of esters is 1. The number of nitrogens with two attached hydrogens (primary N) is 1. The summed E-state index contributed by atoms with van der Waals surface area (Å²) in [6.07, 6.45) is 0. The molecule has 0 amide bonds. The molecule has 1 heterocycles. The zero-order chi connectivity index (χ0) is 16.3. The van der Waals surface area contributed by atoms with E-state index in [1.807, 2.05) is 43.0 Å². The number of carbonyl (C=O) groups is 1. The summed E-state index contributed by atoms with van der Waals surface area (Å²) < 4.78 is 5.22. The molecule has 0 unspecified atom stereocenters. The lowest BCUT2D eigenvalue weighted by atomic mass is 9.94. The van der Waals surface area contributed by atoms with Crippen molar-refractivity contribution in [2.75, 3.05) is 18.9 Å². The Morgan fingerprint density at radius 1 is 1.45 bits per heavy atom. The SMILES string of the molecule is CCOC(=O)C1=C(C)N(CC)C(=S)N[C@@H]1c1cccc(N)c1. The van der Waals surface area contributed by atoms with Gasteiger partial charge in [0, 0.05) is 17.9 Å². The third kappa shape index (κ3) is 3.06. The Morgan fingerprint density at radius 2 is 2.18 bits per heavy atom. The topological polar surface area (TPSA) is 67.6 Å². The van der Waals surface area contributed by atoms with Crippen LogP contribution in [0, 0.1) is 0 Å². The van der Waals surface area contributed by atoms with Gasteiger partial charge in [0.2, 0.25) is 0 Å². The molecule has 1 atom stereocenters. The number of thiocarbonyl (C=S) groups is 1. The maximum absolute atomic E-state index is 12.4. The van der Waals surface area contributed by atoms with Crippen molar-refractivity contribution in [2.45, 2.75) is 26.8 Å². The number of ether oxygens (including phenoxy) is 1. The van der Waals surface area contributed by atoms with Crippen LogP contribution in [0.25, 0.3) is 0 Å². The van der Waals surface area contributed by atoms with Crippen LogP contribution in [-0.2, 0) is 9.53 Å². The van der Waals surface area contributed by atoms with E-state index in [9.17, 15) is 4.79 Å². The number of hydrogen-bond donors (Lipinski definition) is 2. The van der Waals surface area contributed by atoms with Gasteiger partial charge in [-0.05, 0) is 50.7 Å². The smallest absolute Gasteiger partial charge is 0.338 e. The van der Waals surface area contributed by atoms with Crippen LogP contribution in [0.5, 0.6) is 0 Å². The molecule has 0 aliphatic carbocycles. The molecule has 1 aliphatic rings. The molecule has 0 saturated heterocycles.